The third kappa shape index (κ3) is 8.33. The number of carbonyl (C=O) groups excluding carboxylic acids is 2. The summed E-state index contributed by atoms with van der Waals surface area (Å²) in [4.78, 5) is 29.5. The van der Waals surface area contributed by atoms with Gasteiger partial charge in [-0.05, 0) is 60.9 Å². The van der Waals surface area contributed by atoms with Crippen LogP contribution in [0.5, 0.6) is 0 Å². The quantitative estimate of drug-likeness (QED) is 0.179. The molecule has 4 rings (SSSR count). The Balaban J connectivity index is 1.81. The molecule has 0 radical (unpaired) electrons. The van der Waals surface area contributed by atoms with Gasteiger partial charge in [0.25, 0.3) is 10.0 Å². The lowest BCUT2D eigenvalue weighted by Crippen LogP contribution is -2.54. The maximum absolute atomic E-state index is 15.2. The summed E-state index contributed by atoms with van der Waals surface area (Å²) in [5, 5.41) is 3.00. The van der Waals surface area contributed by atoms with E-state index in [1.807, 2.05) is 68.4 Å². The van der Waals surface area contributed by atoms with Crippen molar-refractivity contribution < 1.29 is 22.4 Å². The second-order valence-corrected chi connectivity index (χ2v) is 13.2. The highest BCUT2D eigenvalue weighted by Crippen LogP contribution is 2.27. The standard InChI is InChI=1S/C34H35BrFN3O4S/c1-3-25(2)37-34(41)32(22-26-13-6-4-7-14-26)38(23-27-15-12-16-28(35)21-27)33(40)24-39(31-20-11-10-19-30(31)36)44(42,43)29-17-8-5-9-18-29/h4-21,25,32H,3,22-24H2,1-2H3,(H,37,41)/t25-,32-/m0/s1. The van der Waals surface area contributed by atoms with Gasteiger partial charge in [-0.25, -0.2) is 12.8 Å². The molecule has 0 bridgehead atoms. The van der Waals surface area contributed by atoms with E-state index >= 15 is 4.39 Å². The average molecular weight is 681 g/mol. The molecule has 4 aromatic rings. The second kappa shape index (κ2) is 15.1. The van der Waals surface area contributed by atoms with Crippen molar-refractivity contribution >= 4 is 43.5 Å². The highest BCUT2D eigenvalue weighted by molar-refractivity contribution is 9.10. The summed E-state index contributed by atoms with van der Waals surface area (Å²) < 4.78 is 44.6. The molecule has 230 valence electrons. The topological polar surface area (TPSA) is 86.8 Å². The normalized spacial score (nSPS) is 12.6. The molecular formula is C34H35BrFN3O4S. The molecule has 0 aliphatic carbocycles. The van der Waals surface area contributed by atoms with Crippen LogP contribution in [0.1, 0.15) is 31.4 Å². The Hall–Kier alpha value is -4.02. The molecule has 0 aliphatic heterocycles. The molecule has 0 saturated carbocycles. The zero-order valence-electron chi connectivity index (χ0n) is 24.6. The number of para-hydroxylation sites is 1. The molecule has 0 spiro atoms. The highest BCUT2D eigenvalue weighted by Gasteiger charge is 2.35. The van der Waals surface area contributed by atoms with Gasteiger partial charge in [-0.15, -0.1) is 0 Å². The van der Waals surface area contributed by atoms with E-state index < -0.39 is 34.3 Å². The number of benzene rings is 4. The molecule has 0 heterocycles. The van der Waals surface area contributed by atoms with Gasteiger partial charge in [-0.2, -0.15) is 0 Å². The molecule has 7 nitrogen and oxygen atoms in total. The van der Waals surface area contributed by atoms with E-state index in [1.165, 1.54) is 35.2 Å². The first-order chi connectivity index (χ1) is 21.1. The number of hydrogen-bond acceptors (Lipinski definition) is 4. The Kier molecular flexibility index (Phi) is 11.3. The van der Waals surface area contributed by atoms with Crippen LogP contribution in [0.2, 0.25) is 0 Å². The fraction of sp³-hybridized carbons (Fsp3) is 0.235. The summed E-state index contributed by atoms with van der Waals surface area (Å²) in [5.74, 6) is -1.82. The van der Waals surface area contributed by atoms with Crippen LogP contribution in [0.3, 0.4) is 0 Å². The smallest absolute Gasteiger partial charge is 0.264 e. The third-order valence-electron chi connectivity index (χ3n) is 7.25. The first-order valence-corrected chi connectivity index (χ1v) is 16.5. The summed E-state index contributed by atoms with van der Waals surface area (Å²) in [6.07, 6.45) is 0.869. The molecule has 1 N–H and O–H groups in total. The van der Waals surface area contributed by atoms with E-state index in [0.29, 0.717) is 6.42 Å². The molecule has 0 fully saturated rings. The molecule has 0 unspecified atom stereocenters. The number of rotatable bonds is 13. The first-order valence-electron chi connectivity index (χ1n) is 14.3. The fourth-order valence-corrected chi connectivity index (χ4v) is 6.60. The van der Waals surface area contributed by atoms with E-state index in [2.05, 4.69) is 21.2 Å². The molecule has 44 heavy (non-hydrogen) atoms. The molecule has 0 aromatic heterocycles. The van der Waals surface area contributed by atoms with Gasteiger partial charge in [0.2, 0.25) is 11.8 Å². The molecule has 10 heteroatoms. The van der Waals surface area contributed by atoms with E-state index in [4.69, 9.17) is 0 Å². The molecule has 0 saturated heterocycles. The van der Waals surface area contributed by atoms with E-state index in [0.717, 1.165) is 26.0 Å². The van der Waals surface area contributed by atoms with Crippen molar-refractivity contribution in [3.8, 4) is 0 Å². The van der Waals surface area contributed by atoms with Crippen LogP contribution < -0.4 is 9.62 Å². The van der Waals surface area contributed by atoms with Crippen LogP contribution in [-0.4, -0.2) is 43.8 Å². The predicted molar refractivity (Wildman–Crippen MR) is 174 cm³/mol. The van der Waals surface area contributed by atoms with Crippen LogP contribution in [0.15, 0.2) is 119 Å². The zero-order chi connectivity index (χ0) is 31.7. The number of nitrogens with zero attached hydrogens (tertiary/aromatic N) is 2. The minimum absolute atomic E-state index is 0.0141. The second-order valence-electron chi connectivity index (χ2n) is 10.5. The van der Waals surface area contributed by atoms with Gasteiger partial charge < -0.3 is 10.2 Å². The molecule has 0 aliphatic rings. The van der Waals surface area contributed by atoms with Crippen molar-refractivity contribution in [2.45, 2.75) is 50.2 Å². The zero-order valence-corrected chi connectivity index (χ0v) is 27.0. The van der Waals surface area contributed by atoms with Crippen LogP contribution in [0.4, 0.5) is 10.1 Å². The first kappa shape index (κ1) is 32.9. The summed E-state index contributed by atoms with van der Waals surface area (Å²) >= 11 is 3.47. The van der Waals surface area contributed by atoms with Crippen molar-refractivity contribution in [3.05, 3.63) is 131 Å². The van der Waals surface area contributed by atoms with Gasteiger partial charge in [-0.1, -0.05) is 95.7 Å². The van der Waals surface area contributed by atoms with E-state index in [-0.39, 0.29) is 35.5 Å². The number of anilines is 1. The summed E-state index contributed by atoms with van der Waals surface area (Å²) in [5.41, 5.74) is 1.29. The number of sulfonamides is 1. The molecule has 4 aromatic carbocycles. The van der Waals surface area contributed by atoms with E-state index in [1.54, 1.807) is 18.2 Å². The van der Waals surface area contributed by atoms with Gasteiger partial charge in [0.15, 0.2) is 0 Å². The maximum Gasteiger partial charge on any atom is 0.264 e. The Labute approximate surface area is 266 Å². The lowest BCUT2D eigenvalue weighted by atomic mass is 10.0. The monoisotopic (exact) mass is 679 g/mol. The van der Waals surface area contributed by atoms with Gasteiger partial charge in [-0.3, -0.25) is 13.9 Å². The van der Waals surface area contributed by atoms with Crippen LogP contribution in [-0.2, 0) is 32.6 Å². The van der Waals surface area contributed by atoms with E-state index in [9.17, 15) is 18.0 Å². The van der Waals surface area contributed by atoms with Gasteiger partial charge in [0.1, 0.15) is 18.4 Å². The predicted octanol–water partition coefficient (Wildman–Crippen LogP) is 6.34. The third-order valence-corrected chi connectivity index (χ3v) is 9.51. The largest absolute Gasteiger partial charge is 0.352 e. The van der Waals surface area contributed by atoms with Crippen molar-refractivity contribution in [3.63, 3.8) is 0 Å². The van der Waals surface area contributed by atoms with Crippen LogP contribution in [0.25, 0.3) is 0 Å². The van der Waals surface area contributed by atoms with Crippen molar-refractivity contribution in [2.75, 3.05) is 10.8 Å². The highest BCUT2D eigenvalue weighted by atomic mass is 79.9. The lowest BCUT2D eigenvalue weighted by molar-refractivity contribution is -0.140. The SMILES string of the molecule is CC[C@H](C)NC(=O)[C@H](Cc1ccccc1)N(Cc1cccc(Br)c1)C(=O)CN(c1ccccc1F)S(=O)(=O)c1ccccc1. The molecule has 2 amide bonds. The van der Waals surface area contributed by atoms with Crippen LogP contribution >= 0.6 is 15.9 Å². The lowest BCUT2D eigenvalue weighted by Gasteiger charge is -2.34. The number of hydrogen-bond donors (Lipinski definition) is 1. The number of carbonyl (C=O) groups is 2. The van der Waals surface area contributed by atoms with Crippen molar-refractivity contribution in [1.82, 2.24) is 10.2 Å². The minimum Gasteiger partial charge on any atom is -0.352 e. The summed E-state index contributed by atoms with van der Waals surface area (Å²) in [7, 11) is -4.37. The van der Waals surface area contributed by atoms with Crippen molar-refractivity contribution in [2.24, 2.45) is 0 Å². The number of amides is 2. The Morgan fingerprint density at radius 1 is 0.864 bits per heavy atom. The minimum atomic E-state index is -4.37. The number of halogens is 2. The Bertz CT molecular complexity index is 1670. The van der Waals surface area contributed by atoms with Gasteiger partial charge in [0.05, 0.1) is 10.6 Å². The maximum atomic E-state index is 15.2. The van der Waals surface area contributed by atoms with Gasteiger partial charge >= 0.3 is 0 Å². The summed E-state index contributed by atoms with van der Waals surface area (Å²) in [6.45, 7) is 3.11. The Morgan fingerprint density at radius 2 is 1.48 bits per heavy atom. The fourth-order valence-electron chi connectivity index (χ4n) is 4.71. The molecular weight excluding hydrogens is 645 g/mol. The van der Waals surface area contributed by atoms with Crippen molar-refractivity contribution in [1.29, 1.82) is 0 Å². The number of nitrogens with one attached hydrogen (secondary N) is 1. The molecule has 2 atom stereocenters. The van der Waals surface area contributed by atoms with Crippen LogP contribution in [0, 0.1) is 5.82 Å². The summed E-state index contributed by atoms with van der Waals surface area (Å²) in [6, 6.07) is 28.5. The van der Waals surface area contributed by atoms with Gasteiger partial charge in [0, 0.05) is 23.5 Å². The Morgan fingerprint density at radius 3 is 2.11 bits per heavy atom. The average Bonchev–Trinajstić information content (AvgIpc) is 3.02.